The lowest BCUT2D eigenvalue weighted by Crippen LogP contribution is -2.28. The van der Waals surface area contributed by atoms with E-state index in [1.165, 1.54) is 24.3 Å². The molecule has 0 bridgehead atoms. The third-order valence-electron chi connectivity index (χ3n) is 5.84. The summed E-state index contributed by atoms with van der Waals surface area (Å²) < 4.78 is 62.0. The number of thioether (sulfide) groups is 1. The Morgan fingerprint density at radius 2 is 1.57 bits per heavy atom. The summed E-state index contributed by atoms with van der Waals surface area (Å²) in [6.07, 6.45) is 1.62. The summed E-state index contributed by atoms with van der Waals surface area (Å²) >= 11 is 1.06. The fourth-order valence-corrected chi connectivity index (χ4v) is 5.17. The Balaban J connectivity index is 1.46. The van der Waals surface area contributed by atoms with Gasteiger partial charge in [-0.25, -0.2) is 22.6 Å². The van der Waals surface area contributed by atoms with Crippen LogP contribution in [0.5, 0.6) is 5.75 Å². The number of rotatable bonds is 8. The van der Waals surface area contributed by atoms with Crippen LogP contribution in [0.1, 0.15) is 32.6 Å². The maximum Gasteiger partial charge on any atom is 0.281 e. The van der Waals surface area contributed by atoms with Crippen molar-refractivity contribution in [1.29, 1.82) is 0 Å². The van der Waals surface area contributed by atoms with E-state index in [1.807, 2.05) is 0 Å². The predicted octanol–water partition coefficient (Wildman–Crippen LogP) is 6.08. The van der Waals surface area contributed by atoms with Crippen molar-refractivity contribution in [2.45, 2.75) is 11.8 Å². The molecule has 1 aliphatic heterocycles. The lowest BCUT2D eigenvalue weighted by molar-refractivity contribution is -0.120. The van der Waals surface area contributed by atoms with Crippen molar-refractivity contribution in [2.75, 3.05) is 6.61 Å². The van der Waals surface area contributed by atoms with Gasteiger partial charge in [-0.3, -0.25) is 14.6 Å². The van der Waals surface area contributed by atoms with Gasteiger partial charge in [0, 0.05) is 35.2 Å². The Morgan fingerprint density at radius 1 is 0.875 bits per heavy atom. The number of para-hydroxylation sites is 1. The quantitative estimate of drug-likeness (QED) is 0.242. The molecule has 11 heteroatoms. The Hall–Kier alpha value is -4.51. The average Bonchev–Trinajstić information content (AvgIpc) is 3.38. The zero-order chi connectivity index (χ0) is 28.2. The van der Waals surface area contributed by atoms with Gasteiger partial charge in [-0.1, -0.05) is 36.0 Å². The van der Waals surface area contributed by atoms with Crippen LogP contribution in [-0.4, -0.2) is 33.3 Å². The molecule has 0 saturated carbocycles. The van der Waals surface area contributed by atoms with Crippen LogP contribution >= 0.6 is 11.8 Å². The Kier molecular flexibility index (Phi) is 7.92. The van der Waals surface area contributed by atoms with Crippen LogP contribution in [0.15, 0.2) is 90.2 Å². The van der Waals surface area contributed by atoms with E-state index in [0.29, 0.717) is 29.0 Å². The molecule has 1 unspecified atom stereocenters. The molecule has 202 valence electrons. The molecule has 0 N–H and O–H groups in total. The molecular formula is C29H19F4N3O3S. The van der Waals surface area contributed by atoms with E-state index in [1.54, 1.807) is 48.7 Å². The third-order valence-corrected chi connectivity index (χ3v) is 7.06. The summed E-state index contributed by atoms with van der Waals surface area (Å²) in [7, 11) is 0. The van der Waals surface area contributed by atoms with Crippen LogP contribution in [0.3, 0.4) is 0 Å². The zero-order valence-electron chi connectivity index (χ0n) is 20.6. The van der Waals surface area contributed by atoms with Gasteiger partial charge in [0.1, 0.15) is 51.6 Å². The van der Waals surface area contributed by atoms with Gasteiger partial charge < -0.3 is 4.74 Å². The number of carbonyl (C=O) groups is 2. The number of aromatic nitrogens is 1. The number of benzene rings is 3. The van der Waals surface area contributed by atoms with Crippen LogP contribution in [0.4, 0.5) is 17.6 Å². The second-order valence-electron chi connectivity index (χ2n) is 8.64. The van der Waals surface area contributed by atoms with E-state index in [0.717, 1.165) is 16.8 Å². The zero-order valence-corrected chi connectivity index (χ0v) is 21.4. The second-order valence-corrected chi connectivity index (χ2v) is 9.71. The van der Waals surface area contributed by atoms with Crippen molar-refractivity contribution in [3.05, 3.63) is 131 Å². The number of halogens is 4. The van der Waals surface area contributed by atoms with Gasteiger partial charge in [-0.05, 0) is 42.5 Å². The van der Waals surface area contributed by atoms with Crippen LogP contribution in [0.2, 0.25) is 0 Å². The molecule has 6 nitrogen and oxygen atoms in total. The highest BCUT2D eigenvalue weighted by atomic mass is 32.2. The number of Topliss-reactive ketones (excluding diaryl/α,β-unsaturated/α-hetero) is 1. The first-order valence-electron chi connectivity index (χ1n) is 11.9. The summed E-state index contributed by atoms with van der Waals surface area (Å²) in [4.78, 5) is 30.1. The van der Waals surface area contributed by atoms with Gasteiger partial charge in [0.05, 0.1) is 6.42 Å². The first-order chi connectivity index (χ1) is 19.3. The molecule has 0 fully saturated rings. The molecule has 1 amide bonds. The molecule has 5 rings (SSSR count). The fourth-order valence-electron chi connectivity index (χ4n) is 3.99. The van der Waals surface area contributed by atoms with Crippen molar-refractivity contribution in [3.63, 3.8) is 0 Å². The Morgan fingerprint density at radius 3 is 2.27 bits per heavy atom. The van der Waals surface area contributed by atoms with E-state index in [-0.39, 0.29) is 29.6 Å². The normalized spacial score (nSPS) is 14.7. The molecule has 1 aromatic heterocycles. The number of ketones is 1. The number of amides is 1. The van der Waals surface area contributed by atoms with Crippen LogP contribution in [0.25, 0.3) is 0 Å². The largest absolute Gasteiger partial charge is 0.485 e. The molecule has 2 heterocycles. The number of hydrogen-bond acceptors (Lipinski definition) is 6. The molecule has 4 aromatic rings. The smallest absolute Gasteiger partial charge is 0.281 e. The number of ether oxygens (including phenoxy) is 1. The summed E-state index contributed by atoms with van der Waals surface area (Å²) in [5.74, 6) is -5.61. The van der Waals surface area contributed by atoms with E-state index in [9.17, 15) is 27.2 Å². The standard InChI is InChI=1S/C29H19F4N3O3S/c30-18-10-8-17(9-11-18)27-35-36(28(38)26-23(32)13-19(31)14-24(26)33)29(40-27)22-6-1-2-7-25(22)39-16-21(37)15-20-5-3-4-12-34-20/h1-14,29H,15-16H2. The lowest BCUT2D eigenvalue weighted by atomic mass is 10.1. The number of carbonyl (C=O) groups excluding carboxylic acids is 2. The van der Waals surface area contributed by atoms with Crippen molar-refractivity contribution in [1.82, 2.24) is 9.99 Å². The molecule has 1 atom stereocenters. The summed E-state index contributed by atoms with van der Waals surface area (Å²) in [6.45, 7) is -0.300. The van der Waals surface area contributed by atoms with E-state index >= 15 is 0 Å². The highest BCUT2D eigenvalue weighted by Crippen LogP contribution is 2.45. The van der Waals surface area contributed by atoms with Gasteiger partial charge in [0.2, 0.25) is 0 Å². The highest BCUT2D eigenvalue weighted by Gasteiger charge is 2.38. The van der Waals surface area contributed by atoms with Gasteiger partial charge in [0.25, 0.3) is 5.91 Å². The van der Waals surface area contributed by atoms with Crippen LogP contribution in [-0.2, 0) is 11.2 Å². The molecule has 3 aromatic carbocycles. The molecule has 1 aliphatic rings. The lowest BCUT2D eigenvalue weighted by Gasteiger charge is -2.23. The van der Waals surface area contributed by atoms with Crippen molar-refractivity contribution < 1.29 is 31.9 Å². The maximum atomic E-state index is 14.6. The monoisotopic (exact) mass is 565 g/mol. The average molecular weight is 566 g/mol. The van der Waals surface area contributed by atoms with Crippen LogP contribution < -0.4 is 4.74 Å². The summed E-state index contributed by atoms with van der Waals surface area (Å²) in [6, 6.07) is 17.9. The Bertz CT molecular complexity index is 1580. The number of pyridine rings is 1. The molecule has 0 aliphatic carbocycles. The Labute approximate surface area is 230 Å². The minimum Gasteiger partial charge on any atom is -0.485 e. The third kappa shape index (κ3) is 5.89. The van der Waals surface area contributed by atoms with E-state index < -0.39 is 40.1 Å². The van der Waals surface area contributed by atoms with Gasteiger partial charge in [-0.15, -0.1) is 0 Å². The van der Waals surface area contributed by atoms with E-state index in [2.05, 4.69) is 10.1 Å². The highest BCUT2D eigenvalue weighted by molar-refractivity contribution is 8.14. The first-order valence-corrected chi connectivity index (χ1v) is 12.8. The fraction of sp³-hybridized carbons (Fsp3) is 0.103. The first kappa shape index (κ1) is 27.1. The van der Waals surface area contributed by atoms with Crippen molar-refractivity contribution in [3.8, 4) is 5.75 Å². The summed E-state index contributed by atoms with van der Waals surface area (Å²) in [5, 5.41) is 4.44. The van der Waals surface area contributed by atoms with Gasteiger partial charge >= 0.3 is 0 Å². The molecule has 0 radical (unpaired) electrons. The van der Waals surface area contributed by atoms with E-state index in [4.69, 9.17) is 4.74 Å². The minimum atomic E-state index is -1.39. The number of hydrazone groups is 1. The molecule has 0 saturated heterocycles. The topological polar surface area (TPSA) is 71.9 Å². The van der Waals surface area contributed by atoms with Crippen LogP contribution in [0, 0.1) is 23.3 Å². The second kappa shape index (κ2) is 11.7. The van der Waals surface area contributed by atoms with Gasteiger partial charge in [0.15, 0.2) is 5.78 Å². The molecular weight excluding hydrogens is 546 g/mol. The van der Waals surface area contributed by atoms with Gasteiger partial charge in [-0.2, -0.15) is 5.10 Å². The van der Waals surface area contributed by atoms with Crippen molar-refractivity contribution >= 4 is 28.5 Å². The SMILES string of the molecule is O=C(COc1ccccc1C1SC(c2ccc(F)cc2)=NN1C(=O)c1c(F)cc(F)cc1F)Cc1ccccn1. The summed E-state index contributed by atoms with van der Waals surface area (Å²) in [5.41, 5.74) is 0.430. The number of hydrogen-bond donors (Lipinski definition) is 0. The predicted molar refractivity (Wildman–Crippen MR) is 141 cm³/mol. The van der Waals surface area contributed by atoms with Crippen molar-refractivity contribution in [2.24, 2.45) is 5.10 Å². The number of nitrogens with zero attached hydrogens (tertiary/aromatic N) is 3. The molecule has 40 heavy (non-hydrogen) atoms. The minimum absolute atomic E-state index is 0.0484. The maximum absolute atomic E-state index is 14.6. The molecule has 0 spiro atoms.